The summed E-state index contributed by atoms with van der Waals surface area (Å²) in [5.41, 5.74) is 1.57. The first-order valence-electron chi connectivity index (χ1n) is 6.74. The van der Waals surface area contributed by atoms with Gasteiger partial charge in [-0.05, 0) is 29.8 Å². The van der Waals surface area contributed by atoms with E-state index in [2.05, 4.69) is 11.4 Å². The molecular weight excluding hydrogens is 280 g/mol. The fourth-order valence-electron chi connectivity index (χ4n) is 1.88. The molecule has 1 N–H and O–H groups in total. The number of ether oxygens (including phenoxy) is 2. The summed E-state index contributed by atoms with van der Waals surface area (Å²) < 4.78 is 10.6. The van der Waals surface area contributed by atoms with Crippen molar-refractivity contribution in [3.8, 4) is 17.6 Å². The summed E-state index contributed by atoms with van der Waals surface area (Å²) in [4.78, 5) is 11.9. The van der Waals surface area contributed by atoms with Gasteiger partial charge in [0.05, 0.1) is 19.6 Å². The van der Waals surface area contributed by atoms with E-state index in [1.165, 1.54) is 0 Å². The van der Waals surface area contributed by atoms with Crippen LogP contribution in [0, 0.1) is 11.3 Å². The van der Waals surface area contributed by atoms with Gasteiger partial charge in [0.2, 0.25) is 0 Å². The zero-order valence-corrected chi connectivity index (χ0v) is 12.2. The largest absolute Gasteiger partial charge is 0.493 e. The van der Waals surface area contributed by atoms with Gasteiger partial charge in [-0.25, -0.2) is 0 Å². The van der Waals surface area contributed by atoms with Crippen LogP contribution in [-0.2, 0) is 11.2 Å². The predicted octanol–water partition coefficient (Wildman–Crippen LogP) is 2.78. The maximum Gasteiger partial charge on any atom is 0.262 e. The Bertz CT molecular complexity index is 675. The molecule has 2 aromatic rings. The van der Waals surface area contributed by atoms with Gasteiger partial charge in [-0.1, -0.05) is 24.3 Å². The SMILES string of the molecule is COc1ccccc1OCC(=O)Nc1ccc(CC#N)cc1. The Morgan fingerprint density at radius 2 is 1.82 bits per heavy atom. The molecule has 5 nitrogen and oxygen atoms in total. The van der Waals surface area contributed by atoms with Crippen molar-refractivity contribution in [1.82, 2.24) is 0 Å². The number of hydrogen-bond donors (Lipinski definition) is 1. The number of hydrogen-bond acceptors (Lipinski definition) is 4. The summed E-state index contributed by atoms with van der Waals surface area (Å²) in [5, 5.41) is 11.3. The molecule has 2 aromatic carbocycles. The second-order valence-electron chi connectivity index (χ2n) is 4.52. The molecule has 0 bridgehead atoms. The molecule has 5 heteroatoms. The van der Waals surface area contributed by atoms with Crippen molar-refractivity contribution in [3.05, 3.63) is 54.1 Å². The van der Waals surface area contributed by atoms with Crippen LogP contribution in [0.4, 0.5) is 5.69 Å². The van der Waals surface area contributed by atoms with E-state index in [1.807, 2.05) is 12.1 Å². The summed E-state index contributed by atoms with van der Waals surface area (Å²) in [6.07, 6.45) is 0.352. The fraction of sp³-hybridized carbons (Fsp3) is 0.176. The zero-order valence-electron chi connectivity index (χ0n) is 12.2. The van der Waals surface area contributed by atoms with Crippen molar-refractivity contribution in [1.29, 1.82) is 5.26 Å². The Morgan fingerprint density at radius 1 is 1.14 bits per heavy atom. The highest BCUT2D eigenvalue weighted by Crippen LogP contribution is 2.25. The van der Waals surface area contributed by atoms with E-state index in [1.54, 1.807) is 43.5 Å². The molecule has 0 saturated carbocycles. The third kappa shape index (κ3) is 4.25. The summed E-state index contributed by atoms with van der Waals surface area (Å²) in [7, 11) is 1.55. The Kier molecular flexibility index (Phi) is 5.38. The van der Waals surface area contributed by atoms with Crippen molar-refractivity contribution in [2.24, 2.45) is 0 Å². The number of para-hydroxylation sites is 2. The van der Waals surface area contributed by atoms with Crippen LogP contribution in [0.15, 0.2) is 48.5 Å². The number of nitriles is 1. The molecule has 0 saturated heterocycles. The molecule has 0 atom stereocenters. The monoisotopic (exact) mass is 296 g/mol. The van der Waals surface area contributed by atoms with Crippen LogP contribution < -0.4 is 14.8 Å². The third-order valence-corrected chi connectivity index (χ3v) is 2.95. The van der Waals surface area contributed by atoms with Crippen LogP contribution in [0.5, 0.6) is 11.5 Å². The Balaban J connectivity index is 1.89. The summed E-state index contributed by atoms with van der Waals surface area (Å²) in [6.45, 7) is -0.111. The van der Waals surface area contributed by atoms with Crippen LogP contribution in [0.3, 0.4) is 0 Å². The molecule has 0 aliphatic rings. The second kappa shape index (κ2) is 7.70. The van der Waals surface area contributed by atoms with E-state index in [9.17, 15) is 4.79 Å². The molecule has 2 rings (SSSR count). The van der Waals surface area contributed by atoms with Crippen LogP contribution in [0.1, 0.15) is 5.56 Å². The number of nitrogens with zero attached hydrogens (tertiary/aromatic N) is 1. The van der Waals surface area contributed by atoms with Crippen molar-refractivity contribution in [3.63, 3.8) is 0 Å². The van der Waals surface area contributed by atoms with E-state index >= 15 is 0 Å². The lowest BCUT2D eigenvalue weighted by Crippen LogP contribution is -2.20. The highest BCUT2D eigenvalue weighted by molar-refractivity contribution is 5.91. The average molecular weight is 296 g/mol. The molecule has 0 aliphatic heterocycles. The minimum Gasteiger partial charge on any atom is -0.493 e. The summed E-state index contributed by atoms with van der Waals surface area (Å²) >= 11 is 0. The number of carbonyl (C=O) groups is 1. The van der Waals surface area contributed by atoms with Gasteiger partial charge >= 0.3 is 0 Å². The van der Waals surface area contributed by atoms with Gasteiger partial charge in [-0.15, -0.1) is 0 Å². The minimum absolute atomic E-state index is 0.111. The molecule has 0 unspecified atom stereocenters. The maximum absolute atomic E-state index is 11.9. The number of methoxy groups -OCH3 is 1. The van der Waals surface area contributed by atoms with Crippen molar-refractivity contribution >= 4 is 11.6 Å². The van der Waals surface area contributed by atoms with Gasteiger partial charge in [-0.2, -0.15) is 5.26 Å². The molecule has 0 heterocycles. The first-order valence-corrected chi connectivity index (χ1v) is 6.74. The molecular formula is C17H16N2O3. The Hall–Kier alpha value is -3.00. The second-order valence-corrected chi connectivity index (χ2v) is 4.52. The van der Waals surface area contributed by atoms with E-state index in [0.717, 1.165) is 5.56 Å². The summed E-state index contributed by atoms with van der Waals surface area (Å²) in [5.74, 6) is 0.833. The van der Waals surface area contributed by atoms with Crippen LogP contribution in [0.2, 0.25) is 0 Å². The molecule has 0 fully saturated rings. The smallest absolute Gasteiger partial charge is 0.262 e. The van der Waals surface area contributed by atoms with Gasteiger partial charge in [-0.3, -0.25) is 4.79 Å². The maximum atomic E-state index is 11.9. The topological polar surface area (TPSA) is 71.3 Å². The van der Waals surface area contributed by atoms with Crippen molar-refractivity contribution < 1.29 is 14.3 Å². The number of amides is 1. The number of benzene rings is 2. The van der Waals surface area contributed by atoms with Crippen LogP contribution >= 0.6 is 0 Å². The fourth-order valence-corrected chi connectivity index (χ4v) is 1.88. The van der Waals surface area contributed by atoms with Gasteiger partial charge in [0.1, 0.15) is 0 Å². The highest BCUT2D eigenvalue weighted by atomic mass is 16.5. The Labute approximate surface area is 129 Å². The molecule has 0 spiro atoms. The van der Waals surface area contributed by atoms with Gasteiger partial charge in [0.25, 0.3) is 5.91 Å². The lowest BCUT2D eigenvalue weighted by atomic mass is 10.1. The number of carbonyl (C=O) groups excluding carboxylic acids is 1. The molecule has 0 radical (unpaired) electrons. The number of anilines is 1. The first-order chi connectivity index (χ1) is 10.7. The van der Waals surface area contributed by atoms with E-state index < -0.39 is 0 Å². The lowest BCUT2D eigenvalue weighted by molar-refractivity contribution is -0.118. The number of nitrogens with one attached hydrogen (secondary N) is 1. The van der Waals surface area contributed by atoms with E-state index in [0.29, 0.717) is 23.6 Å². The minimum atomic E-state index is -0.265. The van der Waals surface area contributed by atoms with Crippen LogP contribution in [0.25, 0.3) is 0 Å². The van der Waals surface area contributed by atoms with Crippen molar-refractivity contribution in [2.45, 2.75) is 6.42 Å². The quantitative estimate of drug-likeness (QED) is 0.889. The first kappa shape index (κ1) is 15.4. The lowest BCUT2D eigenvalue weighted by Gasteiger charge is -2.10. The zero-order chi connectivity index (χ0) is 15.8. The van der Waals surface area contributed by atoms with Gasteiger partial charge < -0.3 is 14.8 Å². The standard InChI is InChI=1S/C17H16N2O3/c1-21-15-4-2-3-5-16(15)22-12-17(20)19-14-8-6-13(7-9-14)10-11-18/h2-9H,10,12H2,1H3,(H,19,20). The normalized spacial score (nSPS) is 9.64. The predicted molar refractivity (Wildman–Crippen MR) is 82.9 cm³/mol. The Morgan fingerprint density at radius 3 is 2.45 bits per heavy atom. The van der Waals surface area contributed by atoms with Gasteiger partial charge in [0, 0.05) is 5.69 Å². The third-order valence-electron chi connectivity index (χ3n) is 2.95. The van der Waals surface area contributed by atoms with Crippen molar-refractivity contribution in [2.75, 3.05) is 19.0 Å². The molecule has 1 amide bonds. The summed E-state index contributed by atoms with van der Waals surface area (Å²) in [6, 6.07) is 16.3. The van der Waals surface area contributed by atoms with Gasteiger partial charge in [0.15, 0.2) is 18.1 Å². The van der Waals surface area contributed by atoms with E-state index in [-0.39, 0.29) is 12.5 Å². The molecule has 0 aromatic heterocycles. The highest BCUT2D eigenvalue weighted by Gasteiger charge is 2.07. The number of rotatable bonds is 6. The molecule has 0 aliphatic carbocycles. The molecule has 22 heavy (non-hydrogen) atoms. The van der Waals surface area contributed by atoms with E-state index in [4.69, 9.17) is 14.7 Å². The van der Waals surface area contributed by atoms with Crippen LogP contribution in [-0.4, -0.2) is 19.6 Å². The average Bonchev–Trinajstić information content (AvgIpc) is 2.55. The molecule has 112 valence electrons.